The number of halogens is 4. The van der Waals surface area contributed by atoms with Crippen molar-refractivity contribution in [2.75, 3.05) is 37.6 Å². The largest absolute Gasteiger partial charge is 0.415 e. The molecule has 0 radical (unpaired) electrons. The van der Waals surface area contributed by atoms with Crippen LogP contribution in [0.15, 0.2) is 47.0 Å². The van der Waals surface area contributed by atoms with Crippen molar-refractivity contribution in [3.8, 4) is 22.7 Å². The maximum atomic E-state index is 15.4. The Hall–Kier alpha value is -3.80. The van der Waals surface area contributed by atoms with Crippen LogP contribution in [0, 0.1) is 11.6 Å². The predicted octanol–water partition coefficient (Wildman–Crippen LogP) is 4.40. The zero-order valence-electron chi connectivity index (χ0n) is 19.4. The van der Waals surface area contributed by atoms with Gasteiger partial charge in [-0.05, 0) is 30.8 Å². The lowest BCUT2D eigenvalue weighted by molar-refractivity contribution is 0.116. The van der Waals surface area contributed by atoms with Crippen molar-refractivity contribution in [1.29, 1.82) is 0 Å². The Morgan fingerprint density at radius 2 is 1.81 bits per heavy atom. The van der Waals surface area contributed by atoms with E-state index < -0.39 is 18.1 Å². The summed E-state index contributed by atoms with van der Waals surface area (Å²) in [6.07, 6.45) is -1.36. The van der Waals surface area contributed by atoms with E-state index >= 15 is 4.39 Å². The molecule has 0 saturated carbocycles. The van der Waals surface area contributed by atoms with Gasteiger partial charge in [0.15, 0.2) is 5.82 Å². The van der Waals surface area contributed by atoms with Crippen LogP contribution in [0.2, 0.25) is 0 Å². The first-order chi connectivity index (χ1) is 17.4. The number of alkyl halides is 2. The van der Waals surface area contributed by atoms with Crippen molar-refractivity contribution in [3.05, 3.63) is 65.7 Å². The molecule has 0 atom stereocenters. The molecule has 4 aromatic rings. The van der Waals surface area contributed by atoms with Gasteiger partial charge in [0.2, 0.25) is 5.89 Å². The highest BCUT2D eigenvalue weighted by atomic mass is 19.3. The number of aromatic nitrogens is 5. The highest BCUT2D eigenvalue weighted by Crippen LogP contribution is 2.30. The van der Waals surface area contributed by atoms with Crippen LogP contribution < -0.4 is 4.90 Å². The fourth-order valence-electron chi connectivity index (χ4n) is 4.19. The van der Waals surface area contributed by atoms with Gasteiger partial charge in [0.25, 0.3) is 5.89 Å². The second-order valence-electron chi connectivity index (χ2n) is 8.41. The molecule has 5 rings (SSSR count). The first-order valence-electron chi connectivity index (χ1n) is 11.5. The highest BCUT2D eigenvalue weighted by Gasteiger charge is 2.22. The summed E-state index contributed by atoms with van der Waals surface area (Å²) in [6.45, 7) is 6.35. The van der Waals surface area contributed by atoms with E-state index in [4.69, 9.17) is 4.42 Å². The van der Waals surface area contributed by atoms with Crippen LogP contribution in [-0.2, 0) is 6.54 Å². The lowest BCUT2D eigenvalue weighted by atomic mass is 10.1. The van der Waals surface area contributed by atoms with Gasteiger partial charge in [-0.25, -0.2) is 13.5 Å². The third kappa shape index (κ3) is 4.81. The van der Waals surface area contributed by atoms with Crippen LogP contribution in [0.25, 0.3) is 22.7 Å². The van der Waals surface area contributed by atoms with E-state index in [1.165, 1.54) is 16.8 Å². The van der Waals surface area contributed by atoms with Gasteiger partial charge in [-0.3, -0.25) is 0 Å². The quantitative estimate of drug-likeness (QED) is 0.348. The molecule has 0 spiro atoms. The number of rotatable bonds is 7. The molecule has 0 N–H and O–H groups in total. The van der Waals surface area contributed by atoms with Crippen LogP contribution in [0.5, 0.6) is 0 Å². The Morgan fingerprint density at radius 1 is 1.00 bits per heavy atom. The summed E-state index contributed by atoms with van der Waals surface area (Å²) in [6, 6.07) is 9.26. The Kier molecular flexibility index (Phi) is 6.68. The molecule has 1 aliphatic rings. The molecule has 1 aliphatic heterocycles. The maximum absolute atomic E-state index is 15.4. The van der Waals surface area contributed by atoms with E-state index in [-0.39, 0.29) is 29.4 Å². The third-order valence-electron chi connectivity index (χ3n) is 6.21. The summed E-state index contributed by atoms with van der Waals surface area (Å²) in [5.74, 6) is -2.01. The minimum atomic E-state index is -2.91. The van der Waals surface area contributed by atoms with E-state index in [0.29, 0.717) is 16.9 Å². The van der Waals surface area contributed by atoms with E-state index in [1.807, 2.05) is 4.90 Å². The van der Waals surface area contributed by atoms with Crippen molar-refractivity contribution < 1.29 is 22.0 Å². The molecule has 0 bridgehead atoms. The van der Waals surface area contributed by atoms with Gasteiger partial charge in [0.05, 0.1) is 18.4 Å². The number of benzene rings is 2. The number of anilines is 1. The average Bonchev–Trinajstić information content (AvgIpc) is 3.56. The minimum absolute atomic E-state index is 0.0333. The van der Waals surface area contributed by atoms with Crippen LogP contribution >= 0.6 is 0 Å². The number of nitrogens with zero attached hydrogens (tertiary/aromatic N) is 7. The second kappa shape index (κ2) is 10.1. The molecule has 0 aliphatic carbocycles. The average molecular weight is 501 g/mol. The monoisotopic (exact) mass is 501 g/mol. The molecule has 2 aromatic heterocycles. The summed E-state index contributed by atoms with van der Waals surface area (Å²) in [7, 11) is 0. The van der Waals surface area contributed by atoms with Gasteiger partial charge in [-0.15, -0.1) is 15.3 Å². The molecule has 8 nitrogen and oxygen atoms in total. The zero-order valence-corrected chi connectivity index (χ0v) is 19.4. The lowest BCUT2D eigenvalue weighted by Crippen LogP contribution is -2.46. The topological polar surface area (TPSA) is 76.1 Å². The minimum Gasteiger partial charge on any atom is -0.415 e. The molecule has 188 valence electrons. The Bertz CT molecular complexity index is 1350. The van der Waals surface area contributed by atoms with Gasteiger partial charge in [-0.1, -0.05) is 24.3 Å². The highest BCUT2D eigenvalue weighted by molar-refractivity contribution is 5.66. The lowest BCUT2D eigenvalue weighted by Gasteiger charge is -2.35. The first kappa shape index (κ1) is 23.9. The SMILES string of the molecule is CCN1CCN(c2cccc(-c3cn(Cc4ccc(-c5nnc(C(F)F)o5)cc4F)nn3)c2F)CC1. The normalized spacial score (nSPS) is 14.7. The summed E-state index contributed by atoms with van der Waals surface area (Å²) in [5, 5.41) is 14.9. The first-order valence-corrected chi connectivity index (χ1v) is 11.5. The van der Waals surface area contributed by atoms with E-state index in [0.717, 1.165) is 38.8 Å². The van der Waals surface area contributed by atoms with Crippen LogP contribution in [0.1, 0.15) is 24.8 Å². The fraction of sp³-hybridized carbons (Fsp3) is 0.333. The van der Waals surface area contributed by atoms with Gasteiger partial charge in [0.1, 0.15) is 11.5 Å². The molecule has 3 heterocycles. The van der Waals surface area contributed by atoms with Crippen LogP contribution in [-0.4, -0.2) is 62.8 Å². The zero-order chi connectivity index (χ0) is 25.2. The van der Waals surface area contributed by atoms with Crippen molar-refractivity contribution in [2.24, 2.45) is 0 Å². The van der Waals surface area contributed by atoms with Crippen LogP contribution in [0.3, 0.4) is 0 Å². The second-order valence-corrected chi connectivity index (χ2v) is 8.41. The van der Waals surface area contributed by atoms with Gasteiger partial charge in [0, 0.05) is 42.9 Å². The van der Waals surface area contributed by atoms with E-state index in [1.54, 1.807) is 24.4 Å². The maximum Gasteiger partial charge on any atom is 0.314 e. The van der Waals surface area contributed by atoms with E-state index in [9.17, 15) is 13.2 Å². The summed E-state index contributed by atoms with van der Waals surface area (Å²) in [5.41, 5.74) is 1.62. The predicted molar refractivity (Wildman–Crippen MR) is 123 cm³/mol. The summed E-state index contributed by atoms with van der Waals surface area (Å²) < 4.78 is 61.7. The molecule has 0 unspecified atom stereocenters. The Labute approximate surface area is 204 Å². The Balaban J connectivity index is 1.32. The number of hydrogen-bond donors (Lipinski definition) is 0. The van der Waals surface area contributed by atoms with Gasteiger partial charge < -0.3 is 14.2 Å². The standard InChI is InChI=1S/C24H23F4N7O/c1-2-33-8-10-34(11-9-33)20-5-3-4-17(21(20)26)19-14-35(32-29-19)13-16-7-6-15(12-18(16)25)23-30-31-24(36-23)22(27)28/h3-7,12,14,22H,2,8-11,13H2,1H3. The van der Waals surface area contributed by atoms with Gasteiger partial charge >= 0.3 is 6.43 Å². The van der Waals surface area contributed by atoms with Crippen molar-refractivity contribution in [3.63, 3.8) is 0 Å². The molecule has 1 fully saturated rings. The molecular weight excluding hydrogens is 478 g/mol. The molecule has 0 amide bonds. The summed E-state index contributed by atoms with van der Waals surface area (Å²) >= 11 is 0. The number of piperazine rings is 1. The van der Waals surface area contributed by atoms with Crippen molar-refractivity contribution in [2.45, 2.75) is 19.9 Å². The van der Waals surface area contributed by atoms with E-state index in [2.05, 4.69) is 32.3 Å². The smallest absolute Gasteiger partial charge is 0.314 e. The molecule has 1 saturated heterocycles. The third-order valence-corrected chi connectivity index (χ3v) is 6.21. The molecular formula is C24H23F4N7O. The summed E-state index contributed by atoms with van der Waals surface area (Å²) in [4.78, 5) is 4.35. The van der Waals surface area contributed by atoms with Crippen molar-refractivity contribution in [1.82, 2.24) is 30.1 Å². The Morgan fingerprint density at radius 3 is 2.50 bits per heavy atom. The molecule has 36 heavy (non-hydrogen) atoms. The molecule has 12 heteroatoms. The number of likely N-dealkylation sites (N-methyl/N-ethyl adjacent to an activating group) is 1. The number of hydrogen-bond acceptors (Lipinski definition) is 7. The van der Waals surface area contributed by atoms with Crippen LogP contribution in [0.4, 0.5) is 23.2 Å². The van der Waals surface area contributed by atoms with Crippen molar-refractivity contribution >= 4 is 5.69 Å². The van der Waals surface area contributed by atoms with Gasteiger partial charge in [-0.2, -0.15) is 8.78 Å². The molecule has 2 aromatic carbocycles. The fourth-order valence-corrected chi connectivity index (χ4v) is 4.19.